The number of hydrogen-bond donors (Lipinski definition) is 0. The molecule has 0 saturated carbocycles. The fourth-order valence-electron chi connectivity index (χ4n) is 3.00. The summed E-state index contributed by atoms with van der Waals surface area (Å²) in [6.45, 7) is 12.6. The molecule has 0 aromatic heterocycles. The van der Waals surface area contributed by atoms with E-state index < -0.39 is 0 Å². The predicted octanol–water partition coefficient (Wildman–Crippen LogP) is 8.65. The lowest BCUT2D eigenvalue weighted by Crippen LogP contribution is -2.19. The van der Waals surface area contributed by atoms with E-state index in [1.165, 1.54) is 36.0 Å². The molecular weight excluding hydrogens is 316 g/mol. The maximum Gasteiger partial charge on any atom is 0.152 e. The molecule has 0 unspecified atom stereocenters. The minimum absolute atomic E-state index is 0. The quantitative estimate of drug-likeness (QED) is 0.353. The lowest BCUT2D eigenvalue weighted by Gasteiger charge is -2.32. The summed E-state index contributed by atoms with van der Waals surface area (Å²) < 4.78 is 0. The number of ketones is 1. The highest BCUT2D eigenvalue weighted by Crippen LogP contribution is 2.40. The van der Waals surface area contributed by atoms with Gasteiger partial charge >= 0.3 is 0 Å². The minimum Gasteiger partial charge on any atom is -0.295 e. The summed E-state index contributed by atoms with van der Waals surface area (Å²) >= 11 is 0. The molecule has 0 aliphatic heterocycles. The number of carbonyl (C=O) groups is 1. The maximum absolute atomic E-state index is 11.0. The normalized spacial score (nSPS) is 17.2. The summed E-state index contributed by atoms with van der Waals surface area (Å²) in [7, 11) is 0. The summed E-state index contributed by atoms with van der Waals surface area (Å²) in [5.41, 5.74) is 5.50. The van der Waals surface area contributed by atoms with Crippen molar-refractivity contribution in [3.8, 4) is 0 Å². The topological polar surface area (TPSA) is 17.1 Å². The monoisotopic (exact) mass is 362 g/mol. The highest BCUT2D eigenvalue weighted by Gasteiger charge is 2.26. The summed E-state index contributed by atoms with van der Waals surface area (Å²) in [6, 6.07) is 0. The van der Waals surface area contributed by atoms with Gasteiger partial charge < -0.3 is 0 Å². The highest BCUT2D eigenvalue weighted by atomic mass is 16.1. The van der Waals surface area contributed by atoms with Crippen LogP contribution in [0.5, 0.6) is 0 Å². The SMILES string of the molecule is C.C.C.C.CC(=O)/C=C(C)/C=C/C=C(C)/C=C/C1=C(C)CCCC1(C)C. The van der Waals surface area contributed by atoms with Crippen molar-refractivity contribution in [2.24, 2.45) is 5.41 Å². The molecule has 0 heterocycles. The lowest BCUT2D eigenvalue weighted by atomic mass is 9.72. The molecule has 0 N–H and O–H groups in total. The Bertz CT molecular complexity index is 563. The van der Waals surface area contributed by atoms with E-state index in [4.69, 9.17) is 0 Å². The van der Waals surface area contributed by atoms with Gasteiger partial charge in [0.15, 0.2) is 5.78 Å². The van der Waals surface area contributed by atoms with Crippen molar-refractivity contribution in [2.45, 2.75) is 90.5 Å². The Morgan fingerprint density at radius 1 is 0.962 bits per heavy atom. The number of hydrogen-bond acceptors (Lipinski definition) is 1. The average molecular weight is 363 g/mol. The first-order chi connectivity index (χ1) is 10.2. The van der Waals surface area contributed by atoms with Crippen LogP contribution in [0.25, 0.3) is 0 Å². The zero-order valence-electron chi connectivity index (χ0n) is 15.0. The van der Waals surface area contributed by atoms with Crippen LogP contribution < -0.4 is 0 Å². The van der Waals surface area contributed by atoms with E-state index in [-0.39, 0.29) is 40.9 Å². The van der Waals surface area contributed by atoms with Gasteiger partial charge in [-0.15, -0.1) is 0 Å². The second kappa shape index (κ2) is 14.5. The van der Waals surface area contributed by atoms with E-state index in [0.29, 0.717) is 0 Å². The van der Waals surface area contributed by atoms with Crippen molar-refractivity contribution in [3.05, 3.63) is 58.7 Å². The predicted molar refractivity (Wildman–Crippen MR) is 124 cm³/mol. The summed E-state index contributed by atoms with van der Waals surface area (Å²) in [5.74, 6) is 0.0877. The van der Waals surface area contributed by atoms with E-state index in [1.807, 2.05) is 19.1 Å². The largest absolute Gasteiger partial charge is 0.295 e. The van der Waals surface area contributed by atoms with E-state index in [9.17, 15) is 4.79 Å². The van der Waals surface area contributed by atoms with Crippen molar-refractivity contribution in [2.75, 3.05) is 0 Å². The van der Waals surface area contributed by atoms with Crippen LogP contribution in [0.1, 0.15) is 90.5 Å². The Kier molecular flexibility index (Phi) is 17.9. The molecule has 0 amide bonds. The Morgan fingerprint density at radius 3 is 2.04 bits per heavy atom. The average Bonchev–Trinajstić information content (AvgIpc) is 2.36. The smallest absolute Gasteiger partial charge is 0.152 e. The van der Waals surface area contributed by atoms with E-state index in [0.717, 1.165) is 5.57 Å². The first kappa shape index (κ1) is 32.1. The van der Waals surface area contributed by atoms with Crippen molar-refractivity contribution in [3.63, 3.8) is 0 Å². The van der Waals surface area contributed by atoms with Gasteiger partial charge in [-0.3, -0.25) is 4.79 Å². The number of carbonyl (C=O) groups excluding carboxylic acids is 1. The molecule has 1 rings (SSSR count). The molecular formula is C25H46O. The summed E-state index contributed by atoms with van der Waals surface area (Å²) in [5, 5.41) is 0. The van der Waals surface area contributed by atoms with Gasteiger partial charge in [-0.1, -0.05) is 85.1 Å². The second-order valence-corrected chi connectivity index (χ2v) is 7.03. The zero-order chi connectivity index (χ0) is 16.8. The molecule has 152 valence electrons. The Morgan fingerprint density at radius 2 is 1.54 bits per heavy atom. The van der Waals surface area contributed by atoms with Crippen LogP contribution in [-0.2, 0) is 4.79 Å². The standard InChI is InChI=1S/C21H30O.4CH4/c1-16(9-7-10-17(2)15-19(4)22)12-13-20-18(3)11-8-14-21(20,5)6;;;;/h7,9-10,12-13,15H,8,11,14H2,1-6H3;4*1H4/b10-7+,13-12+,16-9+,17-15+;;;;. The summed E-state index contributed by atoms with van der Waals surface area (Å²) in [6.07, 6.45) is 16.0. The molecule has 1 aliphatic rings. The molecule has 0 radical (unpaired) electrons. The number of rotatable bonds is 5. The molecule has 1 heteroatoms. The fraction of sp³-hybridized carbons (Fsp3) is 0.560. The van der Waals surface area contributed by atoms with Crippen LogP contribution in [0.4, 0.5) is 0 Å². The molecule has 0 aromatic carbocycles. The van der Waals surface area contributed by atoms with Crippen LogP contribution in [-0.4, -0.2) is 5.78 Å². The molecule has 26 heavy (non-hydrogen) atoms. The molecule has 0 atom stereocenters. The number of allylic oxidation sites excluding steroid dienone is 10. The van der Waals surface area contributed by atoms with Gasteiger partial charge in [0.25, 0.3) is 0 Å². The molecule has 1 aliphatic carbocycles. The van der Waals surface area contributed by atoms with E-state index in [2.05, 4.69) is 45.9 Å². The highest BCUT2D eigenvalue weighted by molar-refractivity contribution is 5.88. The van der Waals surface area contributed by atoms with Crippen LogP contribution in [0.15, 0.2) is 58.7 Å². The summed E-state index contributed by atoms with van der Waals surface area (Å²) in [4.78, 5) is 11.0. The Hall–Kier alpha value is -1.63. The van der Waals surface area contributed by atoms with Crippen LogP contribution in [0.2, 0.25) is 0 Å². The third-order valence-corrected chi connectivity index (χ3v) is 4.20. The molecule has 1 nitrogen and oxygen atoms in total. The Balaban J connectivity index is -0.000000605. The van der Waals surface area contributed by atoms with Crippen molar-refractivity contribution >= 4 is 5.78 Å². The van der Waals surface area contributed by atoms with Crippen LogP contribution >= 0.6 is 0 Å². The third-order valence-electron chi connectivity index (χ3n) is 4.20. The van der Waals surface area contributed by atoms with Gasteiger partial charge in [-0.2, -0.15) is 0 Å². The molecule has 0 bridgehead atoms. The Labute approximate surface area is 165 Å². The van der Waals surface area contributed by atoms with Crippen molar-refractivity contribution < 1.29 is 4.79 Å². The first-order valence-corrected chi connectivity index (χ1v) is 8.14. The van der Waals surface area contributed by atoms with Crippen molar-refractivity contribution in [1.82, 2.24) is 0 Å². The van der Waals surface area contributed by atoms with Gasteiger partial charge in [0.1, 0.15) is 0 Å². The second-order valence-electron chi connectivity index (χ2n) is 7.03. The van der Waals surface area contributed by atoms with Gasteiger partial charge in [-0.25, -0.2) is 0 Å². The van der Waals surface area contributed by atoms with Gasteiger partial charge in [0.2, 0.25) is 0 Å². The first-order valence-electron chi connectivity index (χ1n) is 8.14. The van der Waals surface area contributed by atoms with E-state index in [1.54, 1.807) is 13.0 Å². The molecule has 0 spiro atoms. The van der Waals surface area contributed by atoms with Gasteiger partial charge in [0, 0.05) is 0 Å². The fourth-order valence-corrected chi connectivity index (χ4v) is 3.00. The van der Waals surface area contributed by atoms with Gasteiger partial charge in [0.05, 0.1) is 0 Å². The van der Waals surface area contributed by atoms with Crippen LogP contribution in [0.3, 0.4) is 0 Å². The zero-order valence-corrected chi connectivity index (χ0v) is 15.0. The van der Waals surface area contributed by atoms with Crippen LogP contribution in [0, 0.1) is 5.41 Å². The third kappa shape index (κ3) is 11.1. The maximum atomic E-state index is 11.0. The van der Waals surface area contributed by atoms with E-state index >= 15 is 0 Å². The molecule has 0 fully saturated rings. The minimum atomic E-state index is 0. The lowest BCUT2D eigenvalue weighted by molar-refractivity contribution is -0.112. The molecule has 0 aromatic rings. The van der Waals surface area contributed by atoms with Crippen molar-refractivity contribution in [1.29, 1.82) is 0 Å². The molecule has 0 saturated heterocycles. The van der Waals surface area contributed by atoms with Gasteiger partial charge in [-0.05, 0) is 69.6 Å².